The van der Waals surface area contributed by atoms with E-state index in [0.717, 1.165) is 51.3 Å². The lowest BCUT2D eigenvalue weighted by Crippen LogP contribution is -2.47. The topological polar surface area (TPSA) is 53.1 Å². The molecule has 0 bridgehead atoms. The van der Waals surface area contributed by atoms with Crippen LogP contribution in [0.15, 0.2) is 18.2 Å². The summed E-state index contributed by atoms with van der Waals surface area (Å²) in [6.07, 6.45) is 1.52. The van der Waals surface area contributed by atoms with Crippen molar-refractivity contribution in [1.82, 2.24) is 9.80 Å². The van der Waals surface area contributed by atoms with E-state index in [0.29, 0.717) is 12.3 Å². The van der Waals surface area contributed by atoms with Crippen LogP contribution >= 0.6 is 0 Å². The number of benzene rings is 1. The van der Waals surface area contributed by atoms with E-state index in [-0.39, 0.29) is 23.5 Å². The number of amides is 2. The Bertz CT molecular complexity index is 763. The van der Waals surface area contributed by atoms with Crippen LogP contribution in [0.3, 0.4) is 0 Å². The molecule has 6 nitrogen and oxygen atoms in total. The smallest absolute Gasteiger partial charge is 0.235 e. The van der Waals surface area contributed by atoms with Crippen LogP contribution in [0.2, 0.25) is 0 Å². The van der Waals surface area contributed by atoms with Crippen molar-refractivity contribution in [2.24, 2.45) is 11.3 Å². The number of halogens is 1. The molecule has 1 aromatic rings. The molecule has 3 fully saturated rings. The lowest BCUT2D eigenvalue weighted by Gasteiger charge is -2.36. The maximum absolute atomic E-state index is 13.9. The van der Waals surface area contributed by atoms with Gasteiger partial charge in [0.1, 0.15) is 0 Å². The predicted octanol–water partition coefficient (Wildman–Crippen LogP) is 1.74. The number of carbonyl (C=O) groups excluding carboxylic acids is 2. The number of piperidine rings is 1. The molecule has 2 atom stereocenters. The normalized spacial score (nSPS) is 27.9. The van der Waals surface area contributed by atoms with Crippen molar-refractivity contribution in [3.05, 3.63) is 24.0 Å². The standard InChI is InChI=1S/C20H26FN3O3/c1-20-13-14(20)18(25)24(19(20)26)8-4-7-22-9-11-23(12-10-22)16-6-3-5-15(21)17(16)27-2/h3,5-6,14H,4,7-13H2,1-2H3. The van der Waals surface area contributed by atoms with Gasteiger partial charge in [0.25, 0.3) is 0 Å². The Morgan fingerprint density at radius 2 is 1.93 bits per heavy atom. The molecule has 2 aliphatic heterocycles. The Balaban J connectivity index is 1.25. The molecule has 2 amide bonds. The Morgan fingerprint density at radius 3 is 2.56 bits per heavy atom. The fraction of sp³-hybridized carbons (Fsp3) is 0.600. The number of carbonyl (C=O) groups is 2. The van der Waals surface area contributed by atoms with Gasteiger partial charge < -0.3 is 9.64 Å². The number of nitrogens with zero attached hydrogens (tertiary/aromatic N) is 3. The minimum atomic E-state index is -0.396. The highest BCUT2D eigenvalue weighted by atomic mass is 19.1. The Labute approximate surface area is 158 Å². The molecule has 2 heterocycles. The number of ether oxygens (including phenoxy) is 1. The molecule has 0 aromatic heterocycles. The number of fused-ring (bicyclic) bond motifs is 1. The molecule has 0 spiro atoms. The maximum atomic E-state index is 13.9. The van der Waals surface area contributed by atoms with Gasteiger partial charge >= 0.3 is 0 Å². The number of anilines is 1. The molecule has 2 unspecified atom stereocenters. The molecular weight excluding hydrogens is 349 g/mol. The van der Waals surface area contributed by atoms with Gasteiger partial charge in [-0.25, -0.2) is 4.39 Å². The van der Waals surface area contributed by atoms with Crippen molar-refractivity contribution >= 4 is 17.5 Å². The molecule has 27 heavy (non-hydrogen) atoms. The molecule has 0 radical (unpaired) electrons. The van der Waals surface area contributed by atoms with E-state index in [9.17, 15) is 14.0 Å². The summed E-state index contributed by atoms with van der Waals surface area (Å²) in [5.74, 6) is -0.0750. The molecular formula is C20H26FN3O3. The van der Waals surface area contributed by atoms with Crippen LogP contribution < -0.4 is 9.64 Å². The number of hydrogen-bond acceptors (Lipinski definition) is 5. The third kappa shape index (κ3) is 3.08. The molecule has 1 aliphatic carbocycles. The number of piperazine rings is 1. The van der Waals surface area contributed by atoms with Gasteiger partial charge in [0.05, 0.1) is 24.1 Å². The summed E-state index contributed by atoms with van der Waals surface area (Å²) in [7, 11) is 1.49. The van der Waals surface area contributed by atoms with E-state index in [1.54, 1.807) is 6.07 Å². The SMILES string of the molecule is COc1c(F)cccc1N1CCN(CCCN2C(=O)C3CC3(C)C2=O)CC1. The molecule has 4 rings (SSSR count). The average Bonchev–Trinajstić information content (AvgIpc) is 3.33. The third-order valence-corrected chi connectivity index (χ3v) is 6.25. The molecule has 3 aliphatic rings. The van der Waals surface area contributed by atoms with Gasteiger partial charge in [-0.1, -0.05) is 6.07 Å². The van der Waals surface area contributed by atoms with Crippen molar-refractivity contribution in [1.29, 1.82) is 0 Å². The second-order valence-electron chi connectivity index (χ2n) is 7.94. The third-order valence-electron chi connectivity index (χ3n) is 6.25. The van der Waals surface area contributed by atoms with Crippen molar-refractivity contribution in [3.63, 3.8) is 0 Å². The van der Waals surface area contributed by atoms with E-state index in [1.807, 2.05) is 13.0 Å². The summed E-state index contributed by atoms with van der Waals surface area (Å²) in [6, 6.07) is 4.99. The van der Waals surface area contributed by atoms with Crippen LogP contribution in [0.25, 0.3) is 0 Å². The summed E-state index contributed by atoms with van der Waals surface area (Å²) in [5.41, 5.74) is 0.394. The minimum absolute atomic E-state index is 0.0144. The Morgan fingerprint density at radius 1 is 1.19 bits per heavy atom. The fourth-order valence-corrected chi connectivity index (χ4v) is 4.38. The van der Waals surface area contributed by atoms with Crippen LogP contribution in [0.4, 0.5) is 10.1 Å². The number of methoxy groups -OCH3 is 1. The van der Waals surface area contributed by atoms with Gasteiger partial charge in [0.15, 0.2) is 11.6 Å². The molecule has 1 saturated carbocycles. The number of para-hydroxylation sites is 1. The van der Waals surface area contributed by atoms with E-state index in [1.165, 1.54) is 18.1 Å². The number of hydrogen-bond donors (Lipinski definition) is 0. The Hall–Kier alpha value is -2.15. The second kappa shape index (κ2) is 6.78. The van der Waals surface area contributed by atoms with Gasteiger partial charge in [-0.3, -0.25) is 19.4 Å². The van der Waals surface area contributed by atoms with Gasteiger partial charge in [-0.05, 0) is 38.4 Å². The number of rotatable bonds is 6. The van der Waals surface area contributed by atoms with Crippen molar-refractivity contribution in [3.8, 4) is 5.75 Å². The van der Waals surface area contributed by atoms with E-state index < -0.39 is 5.41 Å². The van der Waals surface area contributed by atoms with E-state index in [2.05, 4.69) is 9.80 Å². The zero-order valence-corrected chi connectivity index (χ0v) is 15.9. The maximum Gasteiger partial charge on any atom is 0.235 e. The van der Waals surface area contributed by atoms with E-state index in [4.69, 9.17) is 4.74 Å². The fourth-order valence-electron chi connectivity index (χ4n) is 4.38. The lowest BCUT2D eigenvalue weighted by molar-refractivity contribution is -0.142. The first-order valence-corrected chi connectivity index (χ1v) is 9.61. The molecule has 2 saturated heterocycles. The minimum Gasteiger partial charge on any atom is -0.492 e. The zero-order chi connectivity index (χ0) is 19.2. The second-order valence-corrected chi connectivity index (χ2v) is 7.94. The van der Waals surface area contributed by atoms with Crippen LogP contribution in [0.5, 0.6) is 5.75 Å². The summed E-state index contributed by atoms with van der Waals surface area (Å²) < 4.78 is 19.1. The van der Waals surface area contributed by atoms with Gasteiger partial charge in [0, 0.05) is 32.7 Å². The highest BCUT2D eigenvalue weighted by Gasteiger charge is 2.68. The van der Waals surface area contributed by atoms with Crippen LogP contribution in [-0.4, -0.2) is 68.0 Å². The summed E-state index contributed by atoms with van der Waals surface area (Å²) in [5, 5.41) is 0. The van der Waals surface area contributed by atoms with Gasteiger partial charge in [-0.2, -0.15) is 0 Å². The molecule has 146 valence electrons. The first-order chi connectivity index (χ1) is 13.0. The summed E-state index contributed by atoms with van der Waals surface area (Å²) in [4.78, 5) is 30.4. The lowest BCUT2D eigenvalue weighted by atomic mass is 10.1. The van der Waals surface area contributed by atoms with Crippen molar-refractivity contribution in [2.45, 2.75) is 19.8 Å². The van der Waals surface area contributed by atoms with Crippen molar-refractivity contribution < 1.29 is 18.7 Å². The van der Waals surface area contributed by atoms with Crippen molar-refractivity contribution in [2.75, 3.05) is 51.3 Å². The largest absolute Gasteiger partial charge is 0.492 e. The molecule has 1 aromatic carbocycles. The highest BCUT2D eigenvalue weighted by molar-refractivity contribution is 6.11. The first-order valence-electron chi connectivity index (χ1n) is 9.61. The van der Waals surface area contributed by atoms with E-state index >= 15 is 0 Å². The van der Waals surface area contributed by atoms with Gasteiger partial charge in [0.2, 0.25) is 11.8 Å². The molecule has 7 heteroatoms. The zero-order valence-electron chi connectivity index (χ0n) is 15.9. The first kappa shape index (κ1) is 18.2. The number of likely N-dealkylation sites (tertiary alicyclic amines) is 1. The Kier molecular flexibility index (Phi) is 4.58. The highest BCUT2D eigenvalue weighted by Crippen LogP contribution is 2.58. The summed E-state index contributed by atoms with van der Waals surface area (Å²) in [6.45, 7) is 6.58. The van der Waals surface area contributed by atoms with Crippen LogP contribution in [0.1, 0.15) is 19.8 Å². The molecule has 0 N–H and O–H groups in total. The van der Waals surface area contributed by atoms with Gasteiger partial charge in [-0.15, -0.1) is 0 Å². The van der Waals surface area contributed by atoms with Crippen LogP contribution in [-0.2, 0) is 9.59 Å². The summed E-state index contributed by atoms with van der Waals surface area (Å²) >= 11 is 0. The van der Waals surface area contributed by atoms with Crippen LogP contribution in [0, 0.1) is 17.2 Å². The number of imide groups is 1. The average molecular weight is 375 g/mol. The quantitative estimate of drug-likeness (QED) is 0.709. The monoisotopic (exact) mass is 375 g/mol. The predicted molar refractivity (Wildman–Crippen MR) is 99.2 cm³/mol.